The highest BCUT2D eigenvalue weighted by molar-refractivity contribution is 5.42. The number of nitrogen functional groups attached to an aromatic ring is 1. The first-order chi connectivity index (χ1) is 9.72. The highest BCUT2D eigenvalue weighted by atomic mass is 16.3. The molecule has 2 atom stereocenters. The number of nitrogens with two attached hydrogens (primary N) is 1. The molecular weight excluding hydrogens is 256 g/mol. The fourth-order valence-corrected chi connectivity index (χ4v) is 2.49. The monoisotopic (exact) mass is 272 g/mol. The van der Waals surface area contributed by atoms with Crippen LogP contribution in [0, 0.1) is 5.92 Å². The van der Waals surface area contributed by atoms with Gasteiger partial charge in [-0.25, -0.2) is 4.98 Å². The van der Waals surface area contributed by atoms with Gasteiger partial charge in [0.1, 0.15) is 5.82 Å². The van der Waals surface area contributed by atoms with Crippen LogP contribution >= 0.6 is 0 Å². The maximum atomic E-state index is 10.2. The van der Waals surface area contributed by atoms with Crippen molar-refractivity contribution in [1.29, 1.82) is 0 Å². The Bertz CT molecular complexity index is 578. The molecule has 7 nitrogen and oxygen atoms in total. The number of aliphatic hydroxyl groups excluding tert-OH is 1. The molecule has 0 aliphatic carbocycles. The van der Waals surface area contributed by atoms with Gasteiger partial charge < -0.3 is 15.7 Å². The second-order valence-corrected chi connectivity index (χ2v) is 4.91. The van der Waals surface area contributed by atoms with Gasteiger partial charge in [-0.05, 0) is 12.5 Å². The van der Waals surface area contributed by atoms with Crippen LogP contribution in [0.15, 0.2) is 30.9 Å². The van der Waals surface area contributed by atoms with Gasteiger partial charge in [-0.2, -0.15) is 4.98 Å². The summed E-state index contributed by atoms with van der Waals surface area (Å²) in [5.74, 6) is 1.11. The summed E-state index contributed by atoms with van der Waals surface area (Å²) >= 11 is 0. The minimum Gasteiger partial charge on any atom is -0.391 e. The zero-order valence-corrected chi connectivity index (χ0v) is 10.9. The topological polar surface area (TPSA) is 101 Å². The zero-order chi connectivity index (χ0) is 13.9. The summed E-state index contributed by atoms with van der Waals surface area (Å²) in [4.78, 5) is 18.4. The number of hydrogen-bond acceptors (Lipinski definition) is 7. The van der Waals surface area contributed by atoms with Gasteiger partial charge in [0, 0.05) is 43.8 Å². The number of hydrogen-bond donors (Lipinski definition) is 2. The van der Waals surface area contributed by atoms with E-state index in [4.69, 9.17) is 5.73 Å². The van der Waals surface area contributed by atoms with Gasteiger partial charge >= 0.3 is 0 Å². The van der Waals surface area contributed by atoms with Crippen molar-refractivity contribution in [1.82, 2.24) is 19.9 Å². The Morgan fingerprint density at radius 2 is 2.15 bits per heavy atom. The maximum absolute atomic E-state index is 10.2. The van der Waals surface area contributed by atoms with E-state index in [1.54, 1.807) is 30.9 Å². The molecule has 1 fully saturated rings. The predicted octanol–water partition coefficient (Wildman–Crippen LogP) is -0.111. The van der Waals surface area contributed by atoms with E-state index in [1.807, 2.05) is 4.90 Å². The zero-order valence-electron chi connectivity index (χ0n) is 10.9. The lowest BCUT2D eigenvalue weighted by Gasteiger charge is -2.16. The van der Waals surface area contributed by atoms with Crippen molar-refractivity contribution < 1.29 is 5.11 Å². The first kappa shape index (κ1) is 12.7. The van der Waals surface area contributed by atoms with E-state index in [9.17, 15) is 5.11 Å². The molecule has 1 aliphatic rings. The molecule has 1 aliphatic heterocycles. The predicted molar refractivity (Wildman–Crippen MR) is 73.9 cm³/mol. The van der Waals surface area contributed by atoms with Crippen molar-refractivity contribution in [2.24, 2.45) is 5.92 Å². The molecule has 0 spiro atoms. The Labute approximate surface area is 116 Å². The Hall–Kier alpha value is -2.28. The van der Waals surface area contributed by atoms with Crippen molar-refractivity contribution >= 4 is 11.8 Å². The van der Waals surface area contributed by atoms with E-state index in [-0.39, 0.29) is 11.9 Å². The van der Waals surface area contributed by atoms with Crippen molar-refractivity contribution in [3.8, 4) is 0 Å². The van der Waals surface area contributed by atoms with E-state index in [0.29, 0.717) is 19.5 Å². The van der Waals surface area contributed by atoms with Crippen LogP contribution in [0.4, 0.5) is 11.8 Å². The molecule has 0 saturated carbocycles. The lowest BCUT2D eigenvalue weighted by molar-refractivity contribution is 0.147. The van der Waals surface area contributed by atoms with Gasteiger partial charge in [-0.1, -0.05) is 0 Å². The number of rotatable bonds is 3. The van der Waals surface area contributed by atoms with Crippen LogP contribution in [0.1, 0.15) is 5.69 Å². The standard InChI is InChI=1S/C13H16N6O/c14-13-17-2-1-12(18-13)19-7-9(11(20)8-19)5-10-6-15-3-4-16-10/h1-4,6,9,11,20H,5,7-8H2,(H2,14,17,18)/t9-,11-/m1/s1. The van der Waals surface area contributed by atoms with Crippen molar-refractivity contribution in [2.45, 2.75) is 12.5 Å². The highest BCUT2D eigenvalue weighted by Gasteiger charge is 2.32. The minimum atomic E-state index is -0.409. The van der Waals surface area contributed by atoms with Gasteiger partial charge in [-0.3, -0.25) is 9.97 Å². The molecular formula is C13H16N6O. The summed E-state index contributed by atoms with van der Waals surface area (Å²) in [6.45, 7) is 1.26. The normalized spacial score (nSPS) is 22.1. The minimum absolute atomic E-state index is 0.114. The quantitative estimate of drug-likeness (QED) is 0.803. The average Bonchev–Trinajstić information content (AvgIpc) is 2.81. The van der Waals surface area contributed by atoms with Gasteiger partial charge in [0.25, 0.3) is 0 Å². The van der Waals surface area contributed by atoms with E-state index in [2.05, 4.69) is 19.9 Å². The fraction of sp³-hybridized carbons (Fsp3) is 0.385. The molecule has 104 valence electrons. The number of aromatic nitrogens is 4. The van der Waals surface area contributed by atoms with Crippen LogP contribution in [0.5, 0.6) is 0 Å². The van der Waals surface area contributed by atoms with Gasteiger partial charge in [0.05, 0.1) is 11.8 Å². The largest absolute Gasteiger partial charge is 0.391 e. The van der Waals surface area contributed by atoms with Crippen LogP contribution in [0.3, 0.4) is 0 Å². The number of β-amino-alcohol motifs (C(OH)–C–C–N with tert-alkyl or cyclic N) is 1. The third-order valence-electron chi connectivity index (χ3n) is 3.48. The molecule has 0 radical (unpaired) electrons. The first-order valence-corrected chi connectivity index (χ1v) is 6.49. The Morgan fingerprint density at radius 3 is 2.90 bits per heavy atom. The Morgan fingerprint density at radius 1 is 1.25 bits per heavy atom. The summed E-state index contributed by atoms with van der Waals surface area (Å²) in [5.41, 5.74) is 6.48. The van der Waals surface area contributed by atoms with Crippen LogP contribution in [-0.4, -0.2) is 44.2 Å². The summed E-state index contributed by atoms with van der Waals surface area (Å²) in [6.07, 6.45) is 6.96. The number of nitrogens with zero attached hydrogens (tertiary/aromatic N) is 5. The molecule has 0 bridgehead atoms. The molecule has 3 rings (SSSR count). The lowest BCUT2D eigenvalue weighted by Crippen LogP contribution is -2.22. The molecule has 0 aromatic carbocycles. The van der Waals surface area contributed by atoms with E-state index >= 15 is 0 Å². The molecule has 3 heterocycles. The molecule has 2 aromatic rings. The van der Waals surface area contributed by atoms with Crippen LogP contribution in [0.25, 0.3) is 0 Å². The Balaban J connectivity index is 1.71. The second-order valence-electron chi connectivity index (χ2n) is 4.91. The first-order valence-electron chi connectivity index (χ1n) is 6.49. The van der Waals surface area contributed by atoms with Gasteiger partial charge in [0.15, 0.2) is 0 Å². The van der Waals surface area contributed by atoms with Crippen LogP contribution < -0.4 is 10.6 Å². The summed E-state index contributed by atoms with van der Waals surface area (Å²) in [7, 11) is 0. The van der Waals surface area contributed by atoms with E-state index in [0.717, 1.165) is 11.5 Å². The lowest BCUT2D eigenvalue weighted by atomic mass is 10.0. The molecule has 7 heteroatoms. The molecule has 3 N–H and O–H groups in total. The summed E-state index contributed by atoms with van der Waals surface area (Å²) < 4.78 is 0. The summed E-state index contributed by atoms with van der Waals surface area (Å²) in [6, 6.07) is 1.80. The molecule has 2 aromatic heterocycles. The Kier molecular flexibility index (Phi) is 3.42. The second kappa shape index (κ2) is 5.38. The average molecular weight is 272 g/mol. The molecule has 0 unspecified atom stereocenters. The maximum Gasteiger partial charge on any atom is 0.221 e. The van der Waals surface area contributed by atoms with Gasteiger partial charge in [0.2, 0.25) is 5.95 Å². The molecule has 1 saturated heterocycles. The third-order valence-corrected chi connectivity index (χ3v) is 3.48. The molecule has 20 heavy (non-hydrogen) atoms. The summed E-state index contributed by atoms with van der Waals surface area (Å²) in [5, 5.41) is 10.2. The fourth-order valence-electron chi connectivity index (χ4n) is 2.49. The van der Waals surface area contributed by atoms with Crippen molar-refractivity contribution in [2.75, 3.05) is 23.7 Å². The smallest absolute Gasteiger partial charge is 0.221 e. The van der Waals surface area contributed by atoms with E-state index in [1.165, 1.54) is 0 Å². The molecule has 0 amide bonds. The third kappa shape index (κ3) is 2.67. The van der Waals surface area contributed by atoms with Crippen LogP contribution in [-0.2, 0) is 6.42 Å². The van der Waals surface area contributed by atoms with Crippen LogP contribution in [0.2, 0.25) is 0 Å². The number of anilines is 2. The van der Waals surface area contributed by atoms with Crippen molar-refractivity contribution in [3.63, 3.8) is 0 Å². The van der Waals surface area contributed by atoms with Gasteiger partial charge in [-0.15, -0.1) is 0 Å². The van der Waals surface area contributed by atoms with E-state index < -0.39 is 6.10 Å². The number of aliphatic hydroxyl groups is 1. The highest BCUT2D eigenvalue weighted by Crippen LogP contribution is 2.24. The van der Waals surface area contributed by atoms with Crippen molar-refractivity contribution in [3.05, 3.63) is 36.5 Å². The SMILES string of the molecule is Nc1nccc(N2C[C@@H](Cc3cnccn3)[C@H](O)C2)n1.